The van der Waals surface area contributed by atoms with Crippen molar-refractivity contribution in [2.24, 2.45) is 11.8 Å². The van der Waals surface area contributed by atoms with Gasteiger partial charge in [-0.2, -0.15) is 0 Å². The van der Waals surface area contributed by atoms with Crippen LogP contribution in [0, 0.1) is 11.8 Å². The summed E-state index contributed by atoms with van der Waals surface area (Å²) in [6, 6.07) is 2.03. The average Bonchev–Trinajstić information content (AvgIpc) is 2.55. The fraction of sp³-hybridized carbons (Fsp3) is 0.700. The summed E-state index contributed by atoms with van der Waals surface area (Å²) in [5.41, 5.74) is 0.570. The number of aromatic nitrogens is 1. The van der Waals surface area contributed by atoms with Crippen LogP contribution in [0.5, 0.6) is 5.75 Å². The molecule has 1 aliphatic heterocycles. The molecule has 1 N–H and O–H groups in total. The molecule has 0 bridgehead atoms. The van der Waals surface area contributed by atoms with Crippen LogP contribution in [0.3, 0.4) is 0 Å². The number of pyridine rings is 1. The van der Waals surface area contributed by atoms with Gasteiger partial charge in [0.15, 0.2) is 0 Å². The number of amides is 1. The number of anilines is 1. The molecule has 1 amide bonds. The summed E-state index contributed by atoms with van der Waals surface area (Å²) in [5, 5.41) is 10.2. The summed E-state index contributed by atoms with van der Waals surface area (Å²) in [6.45, 7) is 7.73. The largest absolute Gasteiger partial charge is 0.492 e. The first-order chi connectivity index (χ1) is 11.9. The molecule has 138 valence electrons. The maximum atomic E-state index is 12.4. The zero-order valence-corrected chi connectivity index (χ0v) is 15.6. The molecule has 0 atom stereocenters. The van der Waals surface area contributed by atoms with Gasteiger partial charge in [-0.1, -0.05) is 20.8 Å². The van der Waals surface area contributed by atoms with Crippen molar-refractivity contribution >= 4 is 11.7 Å². The topological polar surface area (TPSA) is 62.7 Å². The van der Waals surface area contributed by atoms with Gasteiger partial charge in [-0.25, -0.2) is 4.98 Å². The summed E-state index contributed by atoms with van der Waals surface area (Å²) in [7, 11) is 0. The van der Waals surface area contributed by atoms with Gasteiger partial charge >= 0.3 is 0 Å². The van der Waals surface area contributed by atoms with Crippen LogP contribution < -0.4 is 9.64 Å². The normalized spacial score (nSPS) is 25.7. The van der Waals surface area contributed by atoms with Crippen LogP contribution in [0.4, 0.5) is 5.82 Å². The third-order valence-corrected chi connectivity index (χ3v) is 5.48. The molecule has 5 heteroatoms. The lowest BCUT2D eigenvalue weighted by Crippen LogP contribution is -2.50. The number of aliphatic hydroxyl groups is 1. The van der Waals surface area contributed by atoms with Crippen LogP contribution in [0.2, 0.25) is 0 Å². The average molecular weight is 346 g/mol. The van der Waals surface area contributed by atoms with Crippen LogP contribution in [-0.4, -0.2) is 34.8 Å². The SMILES string of the molecule is CCC1(O)CC(CN2C(=O)CCc3cc(OCCC(C)C)cnc32)C1. The summed E-state index contributed by atoms with van der Waals surface area (Å²) in [5.74, 6) is 2.68. The molecule has 0 unspecified atom stereocenters. The molecular weight excluding hydrogens is 316 g/mol. The van der Waals surface area contributed by atoms with E-state index in [1.54, 1.807) is 6.20 Å². The Morgan fingerprint density at radius 2 is 2.16 bits per heavy atom. The number of hydrogen-bond acceptors (Lipinski definition) is 4. The summed E-state index contributed by atoms with van der Waals surface area (Å²) in [4.78, 5) is 18.7. The Morgan fingerprint density at radius 1 is 1.40 bits per heavy atom. The molecule has 1 saturated carbocycles. The second kappa shape index (κ2) is 7.32. The minimum absolute atomic E-state index is 0.139. The number of ether oxygens (including phenoxy) is 1. The van der Waals surface area contributed by atoms with E-state index in [1.807, 2.05) is 17.9 Å². The number of carbonyl (C=O) groups is 1. The Bertz CT molecular complexity index is 623. The zero-order chi connectivity index (χ0) is 18.0. The Balaban J connectivity index is 1.65. The van der Waals surface area contributed by atoms with E-state index in [1.165, 1.54) is 0 Å². The predicted octanol–water partition coefficient (Wildman–Crippen LogP) is 3.34. The van der Waals surface area contributed by atoms with Crippen molar-refractivity contribution in [2.75, 3.05) is 18.1 Å². The Morgan fingerprint density at radius 3 is 2.84 bits per heavy atom. The highest BCUT2D eigenvalue weighted by molar-refractivity contribution is 5.95. The lowest BCUT2D eigenvalue weighted by molar-refractivity contribution is -0.120. The minimum atomic E-state index is -0.520. The number of fused-ring (bicyclic) bond motifs is 1. The van der Waals surface area contributed by atoms with Crippen molar-refractivity contribution < 1.29 is 14.6 Å². The van der Waals surface area contributed by atoms with Gasteiger partial charge in [-0.15, -0.1) is 0 Å². The molecule has 2 heterocycles. The molecule has 25 heavy (non-hydrogen) atoms. The highest BCUT2D eigenvalue weighted by atomic mass is 16.5. The van der Waals surface area contributed by atoms with E-state index in [0.717, 1.165) is 49.2 Å². The van der Waals surface area contributed by atoms with Crippen LogP contribution >= 0.6 is 0 Å². The Hall–Kier alpha value is -1.62. The molecule has 1 aromatic rings. The minimum Gasteiger partial charge on any atom is -0.492 e. The standard InChI is InChI=1S/C20H30N2O3/c1-4-20(24)10-15(11-20)13-22-18(23)6-5-16-9-17(12-21-19(16)22)25-8-7-14(2)3/h9,12,14-15,24H,4-8,10-11,13H2,1-3H3. The van der Waals surface area contributed by atoms with Crippen molar-refractivity contribution in [3.8, 4) is 5.75 Å². The molecule has 0 aromatic carbocycles. The number of hydrogen-bond donors (Lipinski definition) is 1. The van der Waals surface area contributed by atoms with Crippen molar-refractivity contribution in [3.05, 3.63) is 17.8 Å². The summed E-state index contributed by atoms with van der Waals surface area (Å²) in [6.07, 6.45) is 6.33. The van der Waals surface area contributed by atoms with Gasteiger partial charge in [0.05, 0.1) is 18.4 Å². The maximum absolute atomic E-state index is 12.4. The molecular formula is C20H30N2O3. The summed E-state index contributed by atoms with van der Waals surface area (Å²) >= 11 is 0. The van der Waals surface area contributed by atoms with Crippen molar-refractivity contribution in [3.63, 3.8) is 0 Å². The number of aryl methyl sites for hydroxylation is 1. The quantitative estimate of drug-likeness (QED) is 0.822. The van der Waals surface area contributed by atoms with E-state index < -0.39 is 5.60 Å². The monoisotopic (exact) mass is 346 g/mol. The number of rotatable bonds is 7. The van der Waals surface area contributed by atoms with Crippen molar-refractivity contribution in [1.82, 2.24) is 4.98 Å². The third-order valence-electron chi connectivity index (χ3n) is 5.48. The maximum Gasteiger partial charge on any atom is 0.228 e. The highest BCUT2D eigenvalue weighted by Crippen LogP contribution is 2.41. The van der Waals surface area contributed by atoms with Crippen molar-refractivity contribution in [1.29, 1.82) is 0 Å². The molecule has 0 spiro atoms. The molecule has 5 nitrogen and oxygen atoms in total. The van der Waals surface area contributed by atoms with Crippen LogP contribution in [0.15, 0.2) is 12.3 Å². The third kappa shape index (κ3) is 4.14. The van der Waals surface area contributed by atoms with Gasteiger partial charge in [-0.3, -0.25) is 9.69 Å². The molecule has 3 rings (SSSR count). The number of carbonyl (C=O) groups excluding carboxylic acids is 1. The van der Waals surface area contributed by atoms with Crippen LogP contribution in [0.1, 0.15) is 58.4 Å². The lowest BCUT2D eigenvalue weighted by Gasteiger charge is -2.45. The van der Waals surface area contributed by atoms with Gasteiger partial charge in [-0.05, 0) is 55.6 Å². The van der Waals surface area contributed by atoms with Gasteiger partial charge in [0.1, 0.15) is 11.6 Å². The second-order valence-electron chi connectivity index (χ2n) is 8.04. The number of nitrogens with zero attached hydrogens (tertiary/aromatic N) is 2. The fourth-order valence-corrected chi connectivity index (χ4v) is 3.77. The van der Waals surface area contributed by atoms with E-state index in [9.17, 15) is 9.90 Å². The van der Waals surface area contributed by atoms with Gasteiger partial charge in [0.2, 0.25) is 5.91 Å². The first-order valence-electron chi connectivity index (χ1n) is 9.54. The zero-order valence-electron chi connectivity index (χ0n) is 15.6. The second-order valence-corrected chi connectivity index (χ2v) is 8.04. The Kier molecular flexibility index (Phi) is 5.32. The van der Waals surface area contributed by atoms with Gasteiger partial charge in [0.25, 0.3) is 0 Å². The van der Waals surface area contributed by atoms with E-state index in [4.69, 9.17) is 4.74 Å². The molecule has 0 saturated heterocycles. The molecule has 0 radical (unpaired) electrons. The molecule has 1 aromatic heterocycles. The van der Waals surface area contributed by atoms with Gasteiger partial charge < -0.3 is 9.84 Å². The first-order valence-corrected chi connectivity index (χ1v) is 9.54. The van der Waals surface area contributed by atoms with E-state index in [-0.39, 0.29) is 5.91 Å². The van der Waals surface area contributed by atoms with Gasteiger partial charge in [0, 0.05) is 13.0 Å². The molecule has 1 fully saturated rings. The van der Waals surface area contributed by atoms with E-state index in [2.05, 4.69) is 18.8 Å². The smallest absolute Gasteiger partial charge is 0.228 e. The Labute approximate surface area is 150 Å². The van der Waals surface area contributed by atoms with E-state index in [0.29, 0.717) is 31.4 Å². The lowest BCUT2D eigenvalue weighted by atomic mass is 9.69. The van der Waals surface area contributed by atoms with Crippen molar-refractivity contribution in [2.45, 2.75) is 64.9 Å². The van der Waals surface area contributed by atoms with Crippen LogP contribution in [0.25, 0.3) is 0 Å². The summed E-state index contributed by atoms with van der Waals surface area (Å²) < 4.78 is 5.80. The highest BCUT2D eigenvalue weighted by Gasteiger charge is 2.42. The molecule has 1 aliphatic carbocycles. The fourth-order valence-electron chi connectivity index (χ4n) is 3.77. The first kappa shape index (κ1) is 18.2. The predicted molar refractivity (Wildman–Crippen MR) is 97.8 cm³/mol. The van der Waals surface area contributed by atoms with E-state index >= 15 is 0 Å². The molecule has 2 aliphatic rings. The van der Waals surface area contributed by atoms with Crippen LogP contribution in [-0.2, 0) is 11.2 Å².